The molecule has 0 spiro atoms. The largest absolute Gasteiger partial charge is 0.355 e. The summed E-state index contributed by atoms with van der Waals surface area (Å²) in [6.45, 7) is 0. The smallest absolute Gasteiger partial charge is 0.253 e. The molecule has 0 radical (unpaired) electrons. The average molecular weight is 220 g/mol. The van der Waals surface area contributed by atoms with Gasteiger partial charge in [-0.15, -0.1) is 0 Å². The number of benzene rings is 1. The van der Waals surface area contributed by atoms with Crippen LogP contribution >= 0.6 is 0 Å². The Bertz CT molecular complexity index is 510. The molecule has 0 saturated carbocycles. The number of rotatable bonds is 2. The van der Waals surface area contributed by atoms with Crippen LogP contribution in [0.15, 0.2) is 30.6 Å². The second kappa shape index (κ2) is 4.09. The summed E-state index contributed by atoms with van der Waals surface area (Å²) in [6.07, 6.45) is 2.91. The van der Waals surface area contributed by atoms with E-state index in [1.807, 2.05) is 0 Å². The standard InChI is InChI=1S/C10H9FN4O/c1-12-10(16)8-3-2-7(11)6-9(8)15-13-4-5-14-15/h2-6H,1H3,(H,12,16). The van der Waals surface area contributed by atoms with Gasteiger partial charge in [-0.1, -0.05) is 0 Å². The molecule has 6 heteroatoms. The first-order valence-corrected chi connectivity index (χ1v) is 4.60. The zero-order valence-electron chi connectivity index (χ0n) is 8.51. The fraction of sp³-hybridized carbons (Fsp3) is 0.100. The van der Waals surface area contributed by atoms with Crippen LogP contribution in [-0.2, 0) is 0 Å². The fourth-order valence-corrected chi connectivity index (χ4v) is 1.34. The van der Waals surface area contributed by atoms with Gasteiger partial charge in [0, 0.05) is 13.1 Å². The lowest BCUT2D eigenvalue weighted by Crippen LogP contribution is -2.20. The monoisotopic (exact) mass is 220 g/mol. The van der Waals surface area contributed by atoms with Crippen molar-refractivity contribution >= 4 is 5.91 Å². The molecule has 16 heavy (non-hydrogen) atoms. The van der Waals surface area contributed by atoms with E-state index in [9.17, 15) is 9.18 Å². The van der Waals surface area contributed by atoms with Gasteiger partial charge in [0.05, 0.1) is 18.0 Å². The maximum Gasteiger partial charge on any atom is 0.253 e. The molecule has 1 heterocycles. The molecule has 1 aromatic heterocycles. The first-order valence-electron chi connectivity index (χ1n) is 4.60. The van der Waals surface area contributed by atoms with Crippen molar-refractivity contribution in [3.05, 3.63) is 42.0 Å². The highest BCUT2D eigenvalue weighted by Crippen LogP contribution is 2.14. The molecule has 0 aliphatic carbocycles. The molecule has 2 aromatic rings. The van der Waals surface area contributed by atoms with E-state index in [2.05, 4.69) is 15.5 Å². The van der Waals surface area contributed by atoms with Crippen molar-refractivity contribution < 1.29 is 9.18 Å². The number of hydrogen-bond acceptors (Lipinski definition) is 3. The van der Waals surface area contributed by atoms with Gasteiger partial charge in [-0.05, 0) is 12.1 Å². The molecule has 1 amide bonds. The Morgan fingerprint density at radius 1 is 1.38 bits per heavy atom. The summed E-state index contributed by atoms with van der Waals surface area (Å²) in [5, 5.41) is 10.2. The van der Waals surface area contributed by atoms with Crippen molar-refractivity contribution in [1.82, 2.24) is 20.3 Å². The highest BCUT2D eigenvalue weighted by Gasteiger charge is 2.13. The Kier molecular flexibility index (Phi) is 2.63. The molecule has 0 fully saturated rings. The van der Waals surface area contributed by atoms with Gasteiger partial charge in [0.25, 0.3) is 5.91 Å². The van der Waals surface area contributed by atoms with Crippen LogP contribution in [-0.4, -0.2) is 27.9 Å². The number of carbonyl (C=O) groups excluding carboxylic acids is 1. The molecule has 0 aliphatic heterocycles. The minimum atomic E-state index is -0.444. The van der Waals surface area contributed by atoms with Gasteiger partial charge in [0.15, 0.2) is 0 Å². The molecule has 5 nitrogen and oxygen atoms in total. The van der Waals surface area contributed by atoms with Gasteiger partial charge in [0.1, 0.15) is 11.5 Å². The summed E-state index contributed by atoms with van der Waals surface area (Å²) in [5.41, 5.74) is 0.629. The Hall–Kier alpha value is -2.24. The molecule has 2 rings (SSSR count). The summed E-state index contributed by atoms with van der Waals surface area (Å²) in [7, 11) is 1.51. The maximum atomic E-state index is 13.1. The van der Waals surface area contributed by atoms with Gasteiger partial charge >= 0.3 is 0 Å². The molecule has 1 N–H and O–H groups in total. The van der Waals surface area contributed by atoms with Crippen molar-refractivity contribution in [3.8, 4) is 5.69 Å². The Morgan fingerprint density at radius 2 is 2.06 bits per heavy atom. The second-order valence-electron chi connectivity index (χ2n) is 3.06. The predicted octanol–water partition coefficient (Wildman–Crippen LogP) is 0.766. The molecule has 0 saturated heterocycles. The number of nitrogens with zero attached hydrogens (tertiary/aromatic N) is 3. The average Bonchev–Trinajstić information content (AvgIpc) is 2.81. The summed E-state index contributed by atoms with van der Waals surface area (Å²) < 4.78 is 13.1. The summed E-state index contributed by atoms with van der Waals surface area (Å²) in [5.74, 6) is -0.757. The molecule has 0 aliphatic rings. The molecule has 0 atom stereocenters. The summed E-state index contributed by atoms with van der Waals surface area (Å²) in [6, 6.07) is 3.83. The lowest BCUT2D eigenvalue weighted by atomic mass is 10.1. The second-order valence-corrected chi connectivity index (χ2v) is 3.06. The van der Waals surface area contributed by atoms with Crippen LogP contribution in [0, 0.1) is 5.82 Å². The number of hydrogen-bond donors (Lipinski definition) is 1. The minimum absolute atomic E-state index is 0.310. The molecule has 82 valence electrons. The third-order valence-corrected chi connectivity index (χ3v) is 2.07. The summed E-state index contributed by atoms with van der Waals surface area (Å²) >= 11 is 0. The van der Waals surface area contributed by atoms with Crippen molar-refractivity contribution in [1.29, 1.82) is 0 Å². The van der Waals surface area contributed by atoms with Crippen molar-refractivity contribution in [3.63, 3.8) is 0 Å². The third-order valence-electron chi connectivity index (χ3n) is 2.07. The van der Waals surface area contributed by atoms with Gasteiger partial charge in [-0.25, -0.2) is 4.39 Å². The van der Waals surface area contributed by atoms with Crippen LogP contribution in [0.5, 0.6) is 0 Å². The number of nitrogens with one attached hydrogen (secondary N) is 1. The molecule has 0 unspecified atom stereocenters. The van der Waals surface area contributed by atoms with E-state index in [1.165, 1.54) is 42.4 Å². The van der Waals surface area contributed by atoms with E-state index in [-0.39, 0.29) is 5.91 Å². The molecular formula is C10H9FN4O. The number of aromatic nitrogens is 3. The van der Waals surface area contributed by atoms with Gasteiger partial charge in [0.2, 0.25) is 0 Å². The molecule has 1 aromatic carbocycles. The van der Waals surface area contributed by atoms with E-state index in [4.69, 9.17) is 0 Å². The van der Waals surface area contributed by atoms with Gasteiger partial charge in [-0.3, -0.25) is 4.79 Å². The zero-order valence-corrected chi connectivity index (χ0v) is 8.51. The quantitative estimate of drug-likeness (QED) is 0.813. The normalized spacial score (nSPS) is 10.1. The SMILES string of the molecule is CNC(=O)c1ccc(F)cc1-n1nccn1. The van der Waals surface area contributed by atoms with Crippen LogP contribution in [0.1, 0.15) is 10.4 Å². The first-order chi connectivity index (χ1) is 7.72. The van der Waals surface area contributed by atoms with Crippen molar-refractivity contribution in [2.45, 2.75) is 0 Å². The Labute approximate surface area is 90.9 Å². The van der Waals surface area contributed by atoms with E-state index in [0.29, 0.717) is 11.3 Å². The molecule has 0 bridgehead atoms. The van der Waals surface area contributed by atoms with Crippen LogP contribution in [0.2, 0.25) is 0 Å². The Morgan fingerprint density at radius 3 is 2.69 bits per heavy atom. The van der Waals surface area contributed by atoms with Crippen molar-refractivity contribution in [2.75, 3.05) is 7.05 Å². The van der Waals surface area contributed by atoms with E-state index in [0.717, 1.165) is 0 Å². The lowest BCUT2D eigenvalue weighted by Gasteiger charge is -2.06. The number of carbonyl (C=O) groups is 1. The van der Waals surface area contributed by atoms with Crippen molar-refractivity contribution in [2.24, 2.45) is 0 Å². The van der Waals surface area contributed by atoms with Crippen LogP contribution in [0.25, 0.3) is 5.69 Å². The van der Waals surface area contributed by atoms with Crippen LogP contribution < -0.4 is 5.32 Å². The highest BCUT2D eigenvalue weighted by atomic mass is 19.1. The zero-order chi connectivity index (χ0) is 11.5. The van der Waals surface area contributed by atoms with Crippen LogP contribution in [0.3, 0.4) is 0 Å². The Balaban J connectivity index is 2.57. The topological polar surface area (TPSA) is 59.8 Å². The predicted molar refractivity (Wildman–Crippen MR) is 54.7 cm³/mol. The van der Waals surface area contributed by atoms with E-state index >= 15 is 0 Å². The van der Waals surface area contributed by atoms with Gasteiger partial charge < -0.3 is 5.32 Å². The maximum absolute atomic E-state index is 13.1. The third kappa shape index (κ3) is 1.77. The summed E-state index contributed by atoms with van der Waals surface area (Å²) in [4.78, 5) is 12.7. The van der Waals surface area contributed by atoms with Crippen LogP contribution in [0.4, 0.5) is 4.39 Å². The first kappa shape index (κ1) is 10.3. The number of halogens is 1. The van der Waals surface area contributed by atoms with Gasteiger partial charge in [-0.2, -0.15) is 15.0 Å². The fourth-order valence-electron chi connectivity index (χ4n) is 1.34. The van der Waals surface area contributed by atoms with E-state index < -0.39 is 5.82 Å². The number of amides is 1. The lowest BCUT2D eigenvalue weighted by molar-refractivity contribution is 0.0962. The molecular weight excluding hydrogens is 211 g/mol. The van der Waals surface area contributed by atoms with E-state index in [1.54, 1.807) is 0 Å². The highest BCUT2D eigenvalue weighted by molar-refractivity contribution is 5.97. The minimum Gasteiger partial charge on any atom is -0.355 e.